The number of amides is 1. The van der Waals surface area contributed by atoms with E-state index < -0.39 is 0 Å². The van der Waals surface area contributed by atoms with Crippen LogP contribution in [0.3, 0.4) is 0 Å². The van der Waals surface area contributed by atoms with Gasteiger partial charge in [-0.1, -0.05) is 29.8 Å². The number of para-hydroxylation sites is 2. The van der Waals surface area contributed by atoms with Crippen molar-refractivity contribution < 1.29 is 9.53 Å². The van der Waals surface area contributed by atoms with Gasteiger partial charge in [0.2, 0.25) is 5.95 Å². The number of carbonyl (C=O) groups excluding carboxylic acids is 1. The number of nitrogens with zero attached hydrogens (tertiary/aromatic N) is 2. The molecule has 27 heavy (non-hydrogen) atoms. The fraction of sp³-hybridized carbons (Fsp3) is 0.150. The maximum absolute atomic E-state index is 12.6. The van der Waals surface area contributed by atoms with Crippen molar-refractivity contribution in [2.24, 2.45) is 0 Å². The number of hydrogen-bond donors (Lipinski definition) is 2. The van der Waals surface area contributed by atoms with Crippen LogP contribution in [0.15, 0.2) is 48.5 Å². The Bertz CT molecular complexity index is 991. The Labute approximate surface area is 162 Å². The summed E-state index contributed by atoms with van der Waals surface area (Å²) in [7, 11) is 1.55. The molecule has 0 radical (unpaired) electrons. The third kappa shape index (κ3) is 4.54. The van der Waals surface area contributed by atoms with Crippen LogP contribution in [0.4, 0.5) is 17.3 Å². The van der Waals surface area contributed by atoms with E-state index in [1.165, 1.54) is 0 Å². The maximum Gasteiger partial charge on any atom is 0.274 e. The van der Waals surface area contributed by atoms with Gasteiger partial charge >= 0.3 is 0 Å². The SMILES string of the molecule is COc1ccccc1NC(=O)c1cc(C)nc(Nc2ccc(C)c(Cl)c2)n1. The summed E-state index contributed by atoms with van der Waals surface area (Å²) in [6.45, 7) is 3.73. The lowest BCUT2D eigenvalue weighted by Gasteiger charge is -2.11. The molecule has 2 N–H and O–H groups in total. The van der Waals surface area contributed by atoms with Crippen LogP contribution in [0.1, 0.15) is 21.7 Å². The molecule has 0 atom stereocenters. The van der Waals surface area contributed by atoms with Gasteiger partial charge in [-0.05, 0) is 49.7 Å². The molecule has 0 spiro atoms. The minimum Gasteiger partial charge on any atom is -0.495 e. The van der Waals surface area contributed by atoms with Crippen molar-refractivity contribution in [1.82, 2.24) is 9.97 Å². The largest absolute Gasteiger partial charge is 0.495 e. The molecule has 0 aliphatic rings. The molecule has 0 aliphatic heterocycles. The average molecular weight is 383 g/mol. The van der Waals surface area contributed by atoms with Crippen LogP contribution in [-0.4, -0.2) is 23.0 Å². The van der Waals surface area contributed by atoms with Crippen LogP contribution in [0.25, 0.3) is 0 Å². The summed E-state index contributed by atoms with van der Waals surface area (Å²) in [5.74, 6) is 0.541. The third-order valence-corrected chi connectivity index (χ3v) is 4.28. The van der Waals surface area contributed by atoms with Crippen LogP contribution in [0.5, 0.6) is 5.75 Å². The third-order valence-electron chi connectivity index (χ3n) is 3.87. The van der Waals surface area contributed by atoms with Gasteiger partial charge in [-0.3, -0.25) is 4.79 Å². The zero-order chi connectivity index (χ0) is 19.4. The van der Waals surface area contributed by atoms with Gasteiger partial charge in [0.15, 0.2) is 0 Å². The standard InChI is InChI=1S/C20H19ClN4O2/c1-12-8-9-14(11-15(12)21)23-20-22-13(2)10-17(25-20)19(26)24-16-6-4-5-7-18(16)27-3/h4-11H,1-3H3,(H,24,26)(H,22,23,25). The molecule has 3 rings (SSSR count). The number of hydrogen-bond acceptors (Lipinski definition) is 5. The predicted octanol–water partition coefficient (Wildman–Crippen LogP) is 4.75. The first-order valence-electron chi connectivity index (χ1n) is 8.29. The number of carbonyl (C=O) groups is 1. The Kier molecular flexibility index (Phi) is 5.57. The lowest BCUT2D eigenvalue weighted by molar-refractivity contribution is 0.102. The van der Waals surface area contributed by atoms with E-state index in [9.17, 15) is 4.79 Å². The van der Waals surface area contributed by atoms with E-state index in [0.717, 1.165) is 11.3 Å². The summed E-state index contributed by atoms with van der Waals surface area (Å²) in [5, 5.41) is 6.53. The smallest absolute Gasteiger partial charge is 0.274 e. The summed E-state index contributed by atoms with van der Waals surface area (Å²) in [6.07, 6.45) is 0. The Morgan fingerprint density at radius 3 is 2.59 bits per heavy atom. The Morgan fingerprint density at radius 2 is 1.85 bits per heavy atom. The molecule has 1 aromatic heterocycles. The highest BCUT2D eigenvalue weighted by molar-refractivity contribution is 6.31. The highest BCUT2D eigenvalue weighted by Crippen LogP contribution is 2.24. The van der Waals surface area contributed by atoms with Crippen molar-refractivity contribution in [1.29, 1.82) is 0 Å². The topological polar surface area (TPSA) is 76.1 Å². The van der Waals surface area contributed by atoms with Crippen molar-refractivity contribution in [3.63, 3.8) is 0 Å². The highest BCUT2D eigenvalue weighted by atomic mass is 35.5. The van der Waals surface area contributed by atoms with Gasteiger partial charge in [-0.25, -0.2) is 9.97 Å². The number of nitrogens with one attached hydrogen (secondary N) is 2. The Morgan fingerprint density at radius 1 is 1.07 bits per heavy atom. The molecule has 6 nitrogen and oxygen atoms in total. The lowest BCUT2D eigenvalue weighted by Crippen LogP contribution is -2.16. The minimum absolute atomic E-state index is 0.245. The second kappa shape index (κ2) is 8.05. The highest BCUT2D eigenvalue weighted by Gasteiger charge is 2.13. The average Bonchev–Trinajstić information content (AvgIpc) is 2.64. The van der Waals surface area contributed by atoms with Gasteiger partial charge in [0.05, 0.1) is 12.8 Å². The van der Waals surface area contributed by atoms with Crippen LogP contribution in [0.2, 0.25) is 5.02 Å². The van der Waals surface area contributed by atoms with Gasteiger partial charge in [0, 0.05) is 16.4 Å². The molecule has 1 amide bonds. The van der Waals surface area contributed by atoms with Crippen LogP contribution >= 0.6 is 11.6 Å². The maximum atomic E-state index is 12.6. The molecule has 3 aromatic rings. The summed E-state index contributed by atoms with van der Waals surface area (Å²) in [6, 6.07) is 14.4. The molecule has 2 aromatic carbocycles. The molecule has 138 valence electrons. The van der Waals surface area contributed by atoms with Crippen LogP contribution in [-0.2, 0) is 0 Å². The van der Waals surface area contributed by atoms with Crippen molar-refractivity contribution in [2.45, 2.75) is 13.8 Å². The zero-order valence-corrected chi connectivity index (χ0v) is 16.0. The van der Waals surface area contributed by atoms with Gasteiger partial charge in [0.1, 0.15) is 11.4 Å². The van der Waals surface area contributed by atoms with E-state index in [4.69, 9.17) is 16.3 Å². The minimum atomic E-state index is -0.352. The lowest BCUT2D eigenvalue weighted by atomic mass is 10.2. The Hall–Kier alpha value is -3.12. The monoisotopic (exact) mass is 382 g/mol. The number of halogens is 1. The molecule has 0 bridgehead atoms. The first-order valence-corrected chi connectivity index (χ1v) is 8.67. The molecular formula is C20H19ClN4O2. The quantitative estimate of drug-likeness (QED) is 0.665. The van der Waals surface area contributed by atoms with Crippen LogP contribution < -0.4 is 15.4 Å². The molecule has 0 aliphatic carbocycles. The fourth-order valence-electron chi connectivity index (χ4n) is 2.47. The second-order valence-electron chi connectivity index (χ2n) is 5.96. The fourth-order valence-corrected chi connectivity index (χ4v) is 2.66. The summed E-state index contributed by atoms with van der Waals surface area (Å²) < 4.78 is 5.26. The Balaban J connectivity index is 1.84. The first kappa shape index (κ1) is 18.7. The van der Waals surface area contributed by atoms with Gasteiger partial charge in [0.25, 0.3) is 5.91 Å². The van der Waals surface area contributed by atoms with Crippen molar-refractivity contribution in [3.05, 3.63) is 70.5 Å². The van der Waals surface area contributed by atoms with E-state index in [1.54, 1.807) is 38.3 Å². The normalized spacial score (nSPS) is 10.4. The van der Waals surface area contributed by atoms with Gasteiger partial charge in [-0.2, -0.15) is 0 Å². The van der Waals surface area contributed by atoms with Crippen LogP contribution in [0, 0.1) is 13.8 Å². The van der Waals surface area contributed by atoms with Crippen molar-refractivity contribution in [3.8, 4) is 5.75 Å². The van der Waals surface area contributed by atoms with E-state index in [1.807, 2.05) is 31.2 Å². The first-order chi connectivity index (χ1) is 13.0. The summed E-state index contributed by atoms with van der Waals surface area (Å²) in [5.41, 5.74) is 3.20. The number of aryl methyl sites for hydroxylation is 2. The van der Waals surface area contributed by atoms with Crippen molar-refractivity contribution in [2.75, 3.05) is 17.7 Å². The number of rotatable bonds is 5. The molecule has 7 heteroatoms. The summed E-state index contributed by atoms with van der Waals surface area (Å²) in [4.78, 5) is 21.3. The predicted molar refractivity (Wildman–Crippen MR) is 107 cm³/mol. The molecular weight excluding hydrogens is 364 g/mol. The van der Waals surface area contributed by atoms with E-state index in [0.29, 0.717) is 28.1 Å². The summed E-state index contributed by atoms with van der Waals surface area (Å²) >= 11 is 6.16. The number of aromatic nitrogens is 2. The van der Waals surface area contributed by atoms with E-state index >= 15 is 0 Å². The molecule has 0 unspecified atom stereocenters. The molecule has 0 saturated heterocycles. The van der Waals surface area contributed by atoms with Gasteiger partial charge in [-0.15, -0.1) is 0 Å². The molecule has 1 heterocycles. The number of methoxy groups -OCH3 is 1. The van der Waals surface area contributed by atoms with Gasteiger partial charge < -0.3 is 15.4 Å². The molecule has 0 saturated carbocycles. The number of ether oxygens (including phenoxy) is 1. The molecule has 0 fully saturated rings. The van der Waals surface area contributed by atoms with Crippen molar-refractivity contribution >= 4 is 34.8 Å². The zero-order valence-electron chi connectivity index (χ0n) is 15.2. The van der Waals surface area contributed by atoms with E-state index in [-0.39, 0.29) is 11.6 Å². The second-order valence-corrected chi connectivity index (χ2v) is 6.37. The number of benzene rings is 2. The van der Waals surface area contributed by atoms with E-state index in [2.05, 4.69) is 20.6 Å². The number of anilines is 3.